The highest BCUT2D eigenvalue weighted by Crippen LogP contribution is 2.37. The minimum Gasteiger partial charge on any atom is -0.394 e. The van der Waals surface area contributed by atoms with Crippen LogP contribution in [-0.2, 0) is 0 Å². The number of hydrogen-bond donors (Lipinski definition) is 4. The number of hydrogen-bond acceptors (Lipinski definition) is 5. The van der Waals surface area contributed by atoms with E-state index >= 15 is 0 Å². The van der Waals surface area contributed by atoms with Gasteiger partial charge in [-0.1, -0.05) is 0 Å². The smallest absolute Gasteiger partial charge is 0.291 e. The van der Waals surface area contributed by atoms with E-state index in [-0.39, 0.29) is 19.0 Å². The Balaban J connectivity index is 1.87. The monoisotopic (exact) mass is 226 g/mol. The zero-order valence-electron chi connectivity index (χ0n) is 8.68. The number of aromatic amines is 1. The lowest BCUT2D eigenvalue weighted by atomic mass is 10.3. The third-order valence-corrected chi connectivity index (χ3v) is 2.38. The van der Waals surface area contributed by atoms with Gasteiger partial charge in [0.15, 0.2) is 0 Å². The lowest BCUT2D eigenvalue weighted by molar-refractivity contribution is 0.0795. The van der Waals surface area contributed by atoms with Crippen molar-refractivity contribution in [3.8, 4) is 0 Å². The Kier molecular flexibility index (Phi) is 3.16. The number of aliphatic hydroxyl groups excluding tert-OH is 2. The zero-order valence-corrected chi connectivity index (χ0v) is 8.68. The summed E-state index contributed by atoms with van der Waals surface area (Å²) in [6.45, 7) is -0.399. The summed E-state index contributed by atoms with van der Waals surface area (Å²) in [5.74, 6) is 0.785. The van der Waals surface area contributed by atoms with Crippen LogP contribution in [-0.4, -0.2) is 50.6 Å². The Morgan fingerprint density at radius 1 is 1.62 bits per heavy atom. The van der Waals surface area contributed by atoms with Gasteiger partial charge in [0.25, 0.3) is 5.91 Å². The molecule has 0 aliphatic heterocycles. The lowest BCUT2D eigenvalue weighted by Gasteiger charge is -2.06. The van der Waals surface area contributed by atoms with Crippen molar-refractivity contribution in [1.82, 2.24) is 20.5 Å². The SMILES string of the molecule is O=C(NCC(O)CO)c1n[nH]c(C2CC2)n1. The third kappa shape index (κ3) is 2.56. The normalized spacial score (nSPS) is 17.1. The molecule has 1 amide bonds. The summed E-state index contributed by atoms with van der Waals surface area (Å²) in [7, 11) is 0. The molecule has 0 radical (unpaired) electrons. The number of aromatic nitrogens is 3. The molecule has 1 aliphatic carbocycles. The highest BCUT2D eigenvalue weighted by Gasteiger charge is 2.28. The third-order valence-electron chi connectivity index (χ3n) is 2.38. The molecule has 1 aromatic heterocycles. The van der Waals surface area contributed by atoms with E-state index in [0.717, 1.165) is 18.7 Å². The van der Waals surface area contributed by atoms with Crippen molar-refractivity contribution in [3.05, 3.63) is 11.6 Å². The fraction of sp³-hybridized carbons (Fsp3) is 0.667. The van der Waals surface area contributed by atoms with Crippen molar-refractivity contribution in [2.75, 3.05) is 13.2 Å². The number of nitrogens with zero attached hydrogens (tertiary/aromatic N) is 2. The number of nitrogens with one attached hydrogen (secondary N) is 2. The van der Waals surface area contributed by atoms with Gasteiger partial charge in [0.05, 0.1) is 12.7 Å². The van der Waals surface area contributed by atoms with Crippen LogP contribution in [0.15, 0.2) is 0 Å². The van der Waals surface area contributed by atoms with Gasteiger partial charge in [-0.05, 0) is 12.8 Å². The first kappa shape index (κ1) is 11.0. The second kappa shape index (κ2) is 4.58. The summed E-state index contributed by atoms with van der Waals surface area (Å²) in [4.78, 5) is 15.5. The highest BCUT2D eigenvalue weighted by atomic mass is 16.3. The summed E-state index contributed by atoms with van der Waals surface area (Å²) in [5.41, 5.74) is 0. The second-order valence-electron chi connectivity index (χ2n) is 3.86. The van der Waals surface area contributed by atoms with Crippen molar-refractivity contribution in [1.29, 1.82) is 0 Å². The van der Waals surface area contributed by atoms with Gasteiger partial charge in [-0.2, -0.15) is 0 Å². The lowest BCUT2D eigenvalue weighted by Crippen LogP contribution is -2.34. The Bertz CT molecular complexity index is 375. The number of carbonyl (C=O) groups is 1. The van der Waals surface area contributed by atoms with Crippen molar-refractivity contribution >= 4 is 5.91 Å². The number of carbonyl (C=O) groups excluding carboxylic acids is 1. The quantitative estimate of drug-likeness (QED) is 0.502. The van der Waals surface area contributed by atoms with Gasteiger partial charge in [-0.15, -0.1) is 5.10 Å². The van der Waals surface area contributed by atoms with Crippen LogP contribution in [0.4, 0.5) is 0 Å². The average Bonchev–Trinajstić information content (AvgIpc) is 3.03. The van der Waals surface area contributed by atoms with Gasteiger partial charge in [0.2, 0.25) is 5.82 Å². The number of rotatable bonds is 5. The summed E-state index contributed by atoms with van der Waals surface area (Å²) in [6.07, 6.45) is 1.21. The average molecular weight is 226 g/mol. The number of amides is 1. The van der Waals surface area contributed by atoms with Crippen LogP contribution in [0.5, 0.6) is 0 Å². The van der Waals surface area contributed by atoms with Crippen molar-refractivity contribution in [2.24, 2.45) is 0 Å². The molecule has 0 saturated heterocycles. The standard InChI is InChI=1S/C9H14N4O3/c14-4-6(15)3-10-9(16)8-11-7(12-13-8)5-1-2-5/h5-6,14-15H,1-4H2,(H,10,16)(H,11,12,13). The van der Waals surface area contributed by atoms with Crippen LogP contribution < -0.4 is 5.32 Å². The van der Waals surface area contributed by atoms with Crippen LogP contribution in [0.3, 0.4) is 0 Å². The first-order chi connectivity index (χ1) is 7.70. The molecule has 0 aromatic carbocycles. The van der Waals surface area contributed by atoms with Gasteiger partial charge >= 0.3 is 0 Å². The van der Waals surface area contributed by atoms with Crippen LogP contribution in [0, 0.1) is 0 Å². The maximum Gasteiger partial charge on any atom is 0.291 e. The van der Waals surface area contributed by atoms with Crippen molar-refractivity contribution in [2.45, 2.75) is 24.9 Å². The van der Waals surface area contributed by atoms with Crippen LogP contribution in [0.2, 0.25) is 0 Å². The first-order valence-electron chi connectivity index (χ1n) is 5.20. The molecule has 0 spiro atoms. The van der Waals surface area contributed by atoms with E-state index in [1.807, 2.05) is 0 Å². The van der Waals surface area contributed by atoms with E-state index in [1.54, 1.807) is 0 Å². The number of aliphatic hydroxyl groups is 2. The van der Waals surface area contributed by atoms with E-state index in [0.29, 0.717) is 5.92 Å². The minimum atomic E-state index is -0.953. The zero-order chi connectivity index (χ0) is 11.5. The molecule has 2 rings (SSSR count). The molecule has 1 aliphatic rings. The van der Waals surface area contributed by atoms with Gasteiger partial charge in [0, 0.05) is 12.5 Å². The Hall–Kier alpha value is -1.47. The van der Waals surface area contributed by atoms with Gasteiger partial charge in [-0.3, -0.25) is 9.89 Å². The Morgan fingerprint density at radius 3 is 3.00 bits per heavy atom. The Morgan fingerprint density at radius 2 is 2.38 bits per heavy atom. The first-order valence-corrected chi connectivity index (χ1v) is 5.20. The molecule has 88 valence electrons. The van der Waals surface area contributed by atoms with E-state index in [1.165, 1.54) is 0 Å². The molecule has 1 atom stereocenters. The molecule has 1 fully saturated rings. The van der Waals surface area contributed by atoms with Gasteiger partial charge in [0.1, 0.15) is 5.82 Å². The maximum absolute atomic E-state index is 11.5. The summed E-state index contributed by atoms with van der Waals surface area (Å²) >= 11 is 0. The summed E-state index contributed by atoms with van der Waals surface area (Å²) < 4.78 is 0. The molecule has 0 bridgehead atoms. The minimum absolute atomic E-state index is 0.0113. The molecule has 7 heteroatoms. The van der Waals surface area contributed by atoms with E-state index in [2.05, 4.69) is 20.5 Å². The molecule has 1 aromatic rings. The largest absolute Gasteiger partial charge is 0.394 e. The van der Waals surface area contributed by atoms with Gasteiger partial charge in [-0.25, -0.2) is 4.98 Å². The molecular formula is C9H14N4O3. The molecule has 1 saturated carbocycles. The fourth-order valence-corrected chi connectivity index (χ4v) is 1.27. The van der Waals surface area contributed by atoms with Crippen molar-refractivity contribution in [3.63, 3.8) is 0 Å². The van der Waals surface area contributed by atoms with Crippen LogP contribution in [0.1, 0.15) is 35.2 Å². The van der Waals surface area contributed by atoms with E-state index < -0.39 is 12.0 Å². The predicted octanol–water partition coefficient (Wildman–Crippen LogP) is -1.23. The summed E-state index contributed by atoms with van der Waals surface area (Å²) in [6, 6.07) is 0. The van der Waals surface area contributed by atoms with Crippen molar-refractivity contribution < 1.29 is 15.0 Å². The fourth-order valence-electron chi connectivity index (χ4n) is 1.27. The highest BCUT2D eigenvalue weighted by molar-refractivity contribution is 5.90. The van der Waals surface area contributed by atoms with E-state index in [9.17, 15) is 4.79 Å². The molecule has 1 unspecified atom stereocenters. The maximum atomic E-state index is 11.5. The molecular weight excluding hydrogens is 212 g/mol. The second-order valence-corrected chi connectivity index (χ2v) is 3.86. The topological polar surface area (TPSA) is 111 Å². The molecule has 4 N–H and O–H groups in total. The molecule has 7 nitrogen and oxygen atoms in total. The van der Waals surface area contributed by atoms with Gasteiger partial charge < -0.3 is 15.5 Å². The molecule has 1 heterocycles. The van der Waals surface area contributed by atoms with E-state index in [4.69, 9.17) is 10.2 Å². The predicted molar refractivity (Wildman–Crippen MR) is 53.8 cm³/mol. The molecule has 16 heavy (non-hydrogen) atoms. The van der Waals surface area contributed by atoms with Crippen LogP contribution >= 0.6 is 0 Å². The number of H-pyrrole nitrogens is 1. The van der Waals surface area contributed by atoms with Crippen LogP contribution in [0.25, 0.3) is 0 Å². The Labute approximate surface area is 91.9 Å². The summed E-state index contributed by atoms with van der Waals surface area (Å²) in [5, 5.41) is 26.5.